The summed E-state index contributed by atoms with van der Waals surface area (Å²) in [5.41, 5.74) is 8.02. The SMILES string of the molecule is COc1ccc(Cc2cc(N)c(Cl)nn2)cc1. The van der Waals surface area contributed by atoms with E-state index < -0.39 is 0 Å². The quantitative estimate of drug-likeness (QED) is 0.907. The van der Waals surface area contributed by atoms with Crippen molar-refractivity contribution in [2.75, 3.05) is 12.8 Å². The number of nitrogen functional groups attached to an aromatic ring is 1. The Hall–Kier alpha value is -1.81. The van der Waals surface area contributed by atoms with E-state index in [0.717, 1.165) is 17.0 Å². The monoisotopic (exact) mass is 249 g/mol. The average Bonchev–Trinajstić information content (AvgIpc) is 2.35. The number of benzene rings is 1. The molecule has 0 fully saturated rings. The van der Waals surface area contributed by atoms with Gasteiger partial charge in [0.25, 0.3) is 0 Å². The van der Waals surface area contributed by atoms with Crippen molar-refractivity contribution in [1.29, 1.82) is 0 Å². The van der Waals surface area contributed by atoms with Crippen molar-refractivity contribution in [3.63, 3.8) is 0 Å². The summed E-state index contributed by atoms with van der Waals surface area (Å²) in [6.07, 6.45) is 0.665. The first-order valence-electron chi connectivity index (χ1n) is 5.09. The highest BCUT2D eigenvalue weighted by molar-refractivity contribution is 6.31. The predicted molar refractivity (Wildman–Crippen MR) is 67.3 cm³/mol. The van der Waals surface area contributed by atoms with Crippen molar-refractivity contribution in [3.8, 4) is 5.75 Å². The molecule has 2 rings (SSSR count). The van der Waals surface area contributed by atoms with Crippen LogP contribution in [0.1, 0.15) is 11.3 Å². The normalized spacial score (nSPS) is 10.2. The zero-order chi connectivity index (χ0) is 12.3. The summed E-state index contributed by atoms with van der Waals surface area (Å²) in [5.74, 6) is 0.829. The Morgan fingerprint density at radius 2 is 1.94 bits per heavy atom. The molecule has 0 aliphatic heterocycles. The lowest BCUT2D eigenvalue weighted by molar-refractivity contribution is 0.414. The molecule has 17 heavy (non-hydrogen) atoms. The van der Waals surface area contributed by atoms with E-state index >= 15 is 0 Å². The number of anilines is 1. The van der Waals surface area contributed by atoms with E-state index in [9.17, 15) is 0 Å². The van der Waals surface area contributed by atoms with E-state index in [-0.39, 0.29) is 5.15 Å². The van der Waals surface area contributed by atoms with E-state index in [1.54, 1.807) is 13.2 Å². The number of ether oxygens (including phenoxy) is 1. The Labute approximate surface area is 104 Å². The topological polar surface area (TPSA) is 61.0 Å². The van der Waals surface area contributed by atoms with Crippen LogP contribution in [0, 0.1) is 0 Å². The van der Waals surface area contributed by atoms with Gasteiger partial charge in [0.2, 0.25) is 0 Å². The molecular weight excluding hydrogens is 238 g/mol. The van der Waals surface area contributed by atoms with Crippen LogP contribution in [0.2, 0.25) is 5.15 Å². The average molecular weight is 250 g/mol. The van der Waals surface area contributed by atoms with Gasteiger partial charge < -0.3 is 10.5 Å². The molecule has 1 aromatic heterocycles. The number of methoxy groups -OCH3 is 1. The minimum atomic E-state index is 0.239. The summed E-state index contributed by atoms with van der Waals surface area (Å²) in [6, 6.07) is 9.50. The van der Waals surface area contributed by atoms with E-state index in [0.29, 0.717) is 12.1 Å². The van der Waals surface area contributed by atoms with Crippen molar-refractivity contribution in [2.45, 2.75) is 6.42 Å². The predicted octanol–water partition coefficient (Wildman–Crippen LogP) is 2.31. The molecule has 88 valence electrons. The highest BCUT2D eigenvalue weighted by atomic mass is 35.5. The second kappa shape index (κ2) is 5.01. The zero-order valence-electron chi connectivity index (χ0n) is 9.35. The van der Waals surface area contributed by atoms with Crippen LogP contribution in [0.25, 0.3) is 0 Å². The molecule has 0 saturated carbocycles. The van der Waals surface area contributed by atoms with E-state index in [2.05, 4.69) is 10.2 Å². The number of rotatable bonds is 3. The van der Waals surface area contributed by atoms with Gasteiger partial charge in [-0.25, -0.2) is 0 Å². The second-order valence-corrected chi connectivity index (χ2v) is 3.96. The molecule has 2 aromatic rings. The fourth-order valence-electron chi connectivity index (χ4n) is 1.47. The number of hydrogen-bond acceptors (Lipinski definition) is 4. The lowest BCUT2D eigenvalue weighted by Crippen LogP contribution is -1.98. The summed E-state index contributed by atoms with van der Waals surface area (Å²) < 4.78 is 5.09. The van der Waals surface area contributed by atoms with Gasteiger partial charge in [0.1, 0.15) is 5.75 Å². The molecule has 0 bridgehead atoms. The molecule has 0 spiro atoms. The van der Waals surface area contributed by atoms with E-state index in [1.807, 2.05) is 24.3 Å². The number of nitrogens with zero attached hydrogens (tertiary/aromatic N) is 2. The van der Waals surface area contributed by atoms with Crippen LogP contribution in [0.4, 0.5) is 5.69 Å². The highest BCUT2D eigenvalue weighted by Crippen LogP contribution is 2.17. The number of halogens is 1. The van der Waals surface area contributed by atoms with Crippen molar-refractivity contribution < 1.29 is 4.74 Å². The van der Waals surface area contributed by atoms with Gasteiger partial charge in [-0.3, -0.25) is 0 Å². The van der Waals surface area contributed by atoms with Crippen molar-refractivity contribution in [1.82, 2.24) is 10.2 Å². The summed E-state index contributed by atoms with van der Waals surface area (Å²) in [7, 11) is 1.64. The Morgan fingerprint density at radius 3 is 2.53 bits per heavy atom. The standard InChI is InChI=1S/C12H12ClN3O/c1-17-10-4-2-8(3-5-10)6-9-7-11(14)12(13)16-15-9/h2-5,7H,6H2,1H3,(H2,14,15). The molecule has 0 aliphatic rings. The lowest BCUT2D eigenvalue weighted by atomic mass is 10.1. The summed E-state index contributed by atoms with van der Waals surface area (Å²) in [5, 5.41) is 8.00. The van der Waals surface area contributed by atoms with Crippen molar-refractivity contribution in [3.05, 3.63) is 46.7 Å². The summed E-state index contributed by atoms with van der Waals surface area (Å²) in [4.78, 5) is 0. The lowest BCUT2D eigenvalue weighted by Gasteiger charge is -2.04. The molecule has 1 heterocycles. The Balaban J connectivity index is 2.16. The fraction of sp³-hybridized carbons (Fsp3) is 0.167. The van der Waals surface area contributed by atoms with Gasteiger partial charge in [-0.05, 0) is 23.8 Å². The number of hydrogen-bond donors (Lipinski definition) is 1. The van der Waals surface area contributed by atoms with Crippen LogP contribution in [-0.4, -0.2) is 17.3 Å². The van der Waals surface area contributed by atoms with Gasteiger partial charge in [0.05, 0.1) is 18.5 Å². The molecule has 0 unspecified atom stereocenters. The van der Waals surface area contributed by atoms with Gasteiger partial charge in [-0.15, -0.1) is 5.10 Å². The first-order chi connectivity index (χ1) is 8.19. The van der Waals surface area contributed by atoms with E-state index in [4.69, 9.17) is 22.1 Å². The third kappa shape index (κ3) is 2.85. The third-order valence-corrected chi connectivity index (χ3v) is 2.66. The minimum absolute atomic E-state index is 0.239. The Kier molecular flexibility index (Phi) is 3.44. The zero-order valence-corrected chi connectivity index (χ0v) is 10.1. The molecule has 5 heteroatoms. The fourth-order valence-corrected chi connectivity index (χ4v) is 1.57. The van der Waals surface area contributed by atoms with Crippen LogP contribution in [0.5, 0.6) is 5.75 Å². The highest BCUT2D eigenvalue weighted by Gasteiger charge is 2.03. The molecule has 0 saturated heterocycles. The molecule has 0 atom stereocenters. The summed E-state index contributed by atoms with van der Waals surface area (Å²) >= 11 is 5.71. The maximum Gasteiger partial charge on any atom is 0.174 e. The van der Waals surface area contributed by atoms with E-state index in [1.165, 1.54) is 0 Å². The van der Waals surface area contributed by atoms with Gasteiger partial charge in [0.15, 0.2) is 5.15 Å². The Morgan fingerprint density at radius 1 is 1.24 bits per heavy atom. The van der Waals surface area contributed by atoms with Crippen molar-refractivity contribution in [2.24, 2.45) is 0 Å². The number of nitrogens with two attached hydrogens (primary N) is 1. The molecule has 1 aromatic carbocycles. The van der Waals surface area contributed by atoms with Gasteiger partial charge in [-0.1, -0.05) is 23.7 Å². The Bertz CT molecular complexity index is 514. The first kappa shape index (κ1) is 11.7. The van der Waals surface area contributed by atoms with Crippen LogP contribution in [0.15, 0.2) is 30.3 Å². The maximum atomic E-state index is 5.71. The molecule has 2 N–H and O–H groups in total. The molecule has 0 amide bonds. The molecule has 0 radical (unpaired) electrons. The minimum Gasteiger partial charge on any atom is -0.497 e. The van der Waals surface area contributed by atoms with Gasteiger partial charge in [0, 0.05) is 6.42 Å². The molecular formula is C12H12ClN3O. The van der Waals surface area contributed by atoms with Crippen LogP contribution >= 0.6 is 11.6 Å². The van der Waals surface area contributed by atoms with Crippen LogP contribution in [-0.2, 0) is 6.42 Å². The summed E-state index contributed by atoms with van der Waals surface area (Å²) in [6.45, 7) is 0. The van der Waals surface area contributed by atoms with Gasteiger partial charge >= 0.3 is 0 Å². The molecule has 4 nitrogen and oxygen atoms in total. The maximum absolute atomic E-state index is 5.71. The largest absolute Gasteiger partial charge is 0.497 e. The first-order valence-corrected chi connectivity index (χ1v) is 5.47. The third-order valence-electron chi connectivity index (χ3n) is 2.37. The van der Waals surface area contributed by atoms with Gasteiger partial charge in [-0.2, -0.15) is 5.10 Å². The van der Waals surface area contributed by atoms with Crippen LogP contribution in [0.3, 0.4) is 0 Å². The van der Waals surface area contributed by atoms with Crippen LogP contribution < -0.4 is 10.5 Å². The smallest absolute Gasteiger partial charge is 0.174 e. The second-order valence-electron chi connectivity index (χ2n) is 3.61. The number of aromatic nitrogens is 2. The molecule has 0 aliphatic carbocycles. The van der Waals surface area contributed by atoms with Crippen molar-refractivity contribution >= 4 is 17.3 Å².